The van der Waals surface area contributed by atoms with Crippen molar-refractivity contribution in [2.24, 2.45) is 0 Å². The number of rotatable bonds is 10. The lowest BCUT2D eigenvalue weighted by Gasteiger charge is -2.19. The topological polar surface area (TPSA) is 127 Å². The molecule has 2 aromatic carbocycles. The number of anilines is 1. The molecule has 0 aliphatic rings. The molecule has 0 atom stereocenters. The predicted molar refractivity (Wildman–Crippen MR) is 153 cm³/mol. The van der Waals surface area contributed by atoms with Crippen LogP contribution in [0.15, 0.2) is 47.8 Å². The van der Waals surface area contributed by atoms with Gasteiger partial charge < -0.3 is 25.2 Å². The van der Waals surface area contributed by atoms with Crippen LogP contribution in [0.1, 0.15) is 77.5 Å². The smallest absolute Gasteiger partial charge is 0.407 e. The summed E-state index contributed by atoms with van der Waals surface area (Å²) in [5.41, 5.74) is 1.86. The van der Waals surface area contributed by atoms with Crippen molar-refractivity contribution in [1.29, 1.82) is 0 Å². The van der Waals surface area contributed by atoms with Crippen molar-refractivity contribution in [3.63, 3.8) is 0 Å². The lowest BCUT2D eigenvalue weighted by Crippen LogP contribution is -2.34. The number of thiazole rings is 1. The van der Waals surface area contributed by atoms with Crippen LogP contribution in [0.4, 0.5) is 10.5 Å². The molecule has 0 fully saturated rings. The molecule has 1 aromatic heterocycles. The molecule has 39 heavy (non-hydrogen) atoms. The van der Waals surface area contributed by atoms with Crippen LogP contribution in [0.5, 0.6) is 5.75 Å². The molecule has 3 rings (SSSR count). The van der Waals surface area contributed by atoms with Crippen LogP contribution in [0.2, 0.25) is 0 Å². The maximum Gasteiger partial charge on any atom is 0.407 e. The number of nitrogens with zero attached hydrogens (tertiary/aromatic N) is 1. The van der Waals surface area contributed by atoms with E-state index in [1.165, 1.54) is 18.2 Å². The molecule has 0 radical (unpaired) electrons. The Morgan fingerprint density at radius 3 is 2.49 bits per heavy atom. The van der Waals surface area contributed by atoms with E-state index >= 15 is 0 Å². The summed E-state index contributed by atoms with van der Waals surface area (Å²) in [7, 11) is 0. The number of hydrogen-bond acceptors (Lipinski definition) is 7. The molecule has 2 amide bonds. The largest absolute Gasteiger partial charge is 0.492 e. The average molecular weight is 552 g/mol. The third kappa shape index (κ3) is 9.57. The highest BCUT2D eigenvalue weighted by molar-refractivity contribution is 7.10. The molecule has 0 aliphatic carbocycles. The summed E-state index contributed by atoms with van der Waals surface area (Å²) < 4.78 is 10.8. The highest BCUT2D eigenvalue weighted by Gasteiger charge is 2.16. The van der Waals surface area contributed by atoms with E-state index in [0.717, 1.165) is 16.3 Å². The number of carbonyl (C=O) groups is 3. The van der Waals surface area contributed by atoms with E-state index in [9.17, 15) is 19.5 Å². The standard InChI is InChI=1S/C29H33N3O6S/c1-18(2)24-17-39-25(32-24)10-9-19-7-6-8-22(13-19)31-26(33)20-14-21(27(34)35)16-23(15-20)37-12-11-30-28(36)38-29(3,4)5/h6-10,13-18H,11-12H2,1-5H3,(H,30,36)(H,31,33)(H,34,35)/b10-9+. The number of carboxylic acids is 1. The zero-order valence-corrected chi connectivity index (χ0v) is 23.4. The number of ether oxygens (including phenoxy) is 2. The molecular formula is C29H33N3O6S. The second-order valence-corrected chi connectivity index (χ2v) is 10.9. The van der Waals surface area contributed by atoms with Crippen molar-refractivity contribution in [3.8, 4) is 5.75 Å². The first-order valence-corrected chi connectivity index (χ1v) is 13.3. The van der Waals surface area contributed by atoms with E-state index in [2.05, 4.69) is 29.5 Å². The number of carbonyl (C=O) groups excluding carboxylic acids is 2. The molecule has 10 heteroatoms. The summed E-state index contributed by atoms with van der Waals surface area (Å²) in [4.78, 5) is 41.0. The normalized spacial score (nSPS) is 11.4. The molecule has 1 heterocycles. The van der Waals surface area contributed by atoms with Gasteiger partial charge in [0.25, 0.3) is 5.91 Å². The summed E-state index contributed by atoms with van der Waals surface area (Å²) in [6, 6.07) is 11.3. The Morgan fingerprint density at radius 2 is 1.82 bits per heavy atom. The van der Waals surface area contributed by atoms with Gasteiger partial charge in [0.2, 0.25) is 0 Å². The van der Waals surface area contributed by atoms with E-state index in [1.54, 1.807) is 38.2 Å². The second-order valence-electron chi connectivity index (χ2n) is 10.0. The third-order valence-electron chi connectivity index (χ3n) is 5.15. The lowest BCUT2D eigenvalue weighted by molar-refractivity contribution is 0.0519. The van der Waals surface area contributed by atoms with Gasteiger partial charge in [-0.05, 0) is 68.7 Å². The van der Waals surface area contributed by atoms with Crippen LogP contribution in [-0.4, -0.2) is 46.8 Å². The number of nitrogens with one attached hydrogen (secondary N) is 2. The Bertz CT molecular complexity index is 1360. The summed E-state index contributed by atoms with van der Waals surface area (Å²) in [6.07, 6.45) is 3.25. The molecule has 0 unspecified atom stereocenters. The highest BCUT2D eigenvalue weighted by Crippen LogP contribution is 2.22. The van der Waals surface area contributed by atoms with Crippen LogP contribution in [0, 0.1) is 0 Å². The summed E-state index contributed by atoms with van der Waals surface area (Å²) in [5, 5.41) is 17.8. The molecule has 3 N–H and O–H groups in total. The lowest BCUT2D eigenvalue weighted by atomic mass is 10.1. The number of alkyl carbamates (subject to hydrolysis) is 1. The Balaban J connectivity index is 1.66. The molecule has 0 saturated heterocycles. The number of aromatic nitrogens is 1. The zero-order valence-electron chi connectivity index (χ0n) is 22.6. The van der Waals surface area contributed by atoms with Crippen molar-refractivity contribution in [3.05, 3.63) is 75.2 Å². The number of benzene rings is 2. The van der Waals surface area contributed by atoms with Gasteiger partial charge in [0.1, 0.15) is 23.0 Å². The molecular weight excluding hydrogens is 518 g/mol. The Labute approximate surface area is 231 Å². The van der Waals surface area contributed by atoms with Crippen molar-refractivity contribution < 1.29 is 29.0 Å². The van der Waals surface area contributed by atoms with Gasteiger partial charge in [-0.2, -0.15) is 0 Å². The average Bonchev–Trinajstić information content (AvgIpc) is 3.34. The van der Waals surface area contributed by atoms with Crippen molar-refractivity contribution in [1.82, 2.24) is 10.3 Å². The van der Waals surface area contributed by atoms with E-state index in [0.29, 0.717) is 11.6 Å². The van der Waals surface area contributed by atoms with Gasteiger partial charge in [-0.3, -0.25) is 4.79 Å². The predicted octanol–water partition coefficient (Wildman–Crippen LogP) is 6.29. The molecule has 3 aromatic rings. The number of hydrogen-bond donors (Lipinski definition) is 3. The monoisotopic (exact) mass is 551 g/mol. The molecule has 206 valence electrons. The maximum atomic E-state index is 13.0. The fourth-order valence-corrected chi connectivity index (χ4v) is 4.18. The summed E-state index contributed by atoms with van der Waals surface area (Å²) in [5.74, 6) is -1.14. The van der Waals surface area contributed by atoms with E-state index in [-0.39, 0.29) is 30.0 Å². The maximum absolute atomic E-state index is 13.0. The zero-order chi connectivity index (χ0) is 28.6. The highest BCUT2D eigenvalue weighted by atomic mass is 32.1. The quantitative estimate of drug-likeness (QED) is 0.253. The van der Waals surface area contributed by atoms with Crippen molar-refractivity contribution in [2.75, 3.05) is 18.5 Å². The molecule has 9 nitrogen and oxygen atoms in total. The second kappa shape index (κ2) is 13.1. The minimum atomic E-state index is -1.20. The molecule has 0 spiro atoms. The van der Waals surface area contributed by atoms with Crippen LogP contribution in [0.25, 0.3) is 12.2 Å². The van der Waals surface area contributed by atoms with Crippen LogP contribution in [0.3, 0.4) is 0 Å². The summed E-state index contributed by atoms with van der Waals surface area (Å²) in [6.45, 7) is 9.64. The van der Waals surface area contributed by atoms with Gasteiger partial charge in [-0.25, -0.2) is 14.6 Å². The van der Waals surface area contributed by atoms with Gasteiger partial charge >= 0.3 is 12.1 Å². The summed E-state index contributed by atoms with van der Waals surface area (Å²) >= 11 is 1.57. The first-order valence-electron chi connectivity index (χ1n) is 12.4. The Hall–Kier alpha value is -4.18. The van der Waals surface area contributed by atoms with Crippen LogP contribution in [-0.2, 0) is 4.74 Å². The molecule has 0 saturated carbocycles. The Morgan fingerprint density at radius 1 is 1.08 bits per heavy atom. The van der Waals surface area contributed by atoms with Crippen LogP contribution < -0.4 is 15.4 Å². The van der Waals surface area contributed by atoms with Gasteiger partial charge in [0, 0.05) is 16.6 Å². The van der Waals surface area contributed by atoms with Gasteiger partial charge in [0.15, 0.2) is 0 Å². The minimum absolute atomic E-state index is 0.0511. The van der Waals surface area contributed by atoms with E-state index in [4.69, 9.17) is 9.47 Å². The van der Waals surface area contributed by atoms with Gasteiger partial charge in [-0.1, -0.05) is 32.1 Å². The number of aromatic carboxylic acids is 1. The van der Waals surface area contributed by atoms with Gasteiger partial charge in [0.05, 0.1) is 17.8 Å². The number of carboxylic acid groups (broad SMARTS) is 1. The Kier molecular flexibility index (Phi) is 9.84. The third-order valence-corrected chi connectivity index (χ3v) is 5.98. The van der Waals surface area contributed by atoms with Crippen LogP contribution >= 0.6 is 11.3 Å². The van der Waals surface area contributed by atoms with E-state index in [1.807, 2.05) is 35.7 Å². The number of amides is 2. The fourth-order valence-electron chi connectivity index (χ4n) is 3.31. The minimum Gasteiger partial charge on any atom is -0.492 e. The SMILES string of the molecule is CC(C)c1csc(/C=C/c2cccc(NC(=O)c3cc(OCCNC(=O)OC(C)(C)C)cc(C(=O)O)c3)c2)n1. The van der Waals surface area contributed by atoms with Crippen molar-refractivity contribution >= 4 is 47.1 Å². The first-order chi connectivity index (χ1) is 18.4. The molecule has 0 aliphatic heterocycles. The first kappa shape index (κ1) is 29.4. The fraction of sp³-hybridized carbons (Fsp3) is 0.310. The van der Waals surface area contributed by atoms with E-state index < -0.39 is 23.6 Å². The van der Waals surface area contributed by atoms with Gasteiger partial charge in [-0.15, -0.1) is 11.3 Å². The molecule has 0 bridgehead atoms. The van der Waals surface area contributed by atoms with Crippen molar-refractivity contribution in [2.45, 2.75) is 46.1 Å².